The Labute approximate surface area is 142 Å². The first-order valence-electron chi connectivity index (χ1n) is 7.03. The summed E-state index contributed by atoms with van der Waals surface area (Å²) in [7, 11) is 4.19. The predicted octanol–water partition coefficient (Wildman–Crippen LogP) is 4.28. The van der Waals surface area contributed by atoms with Crippen LogP contribution in [0, 0.1) is 0 Å². The summed E-state index contributed by atoms with van der Waals surface area (Å²) in [6, 6.07) is 16.1. The minimum absolute atomic E-state index is 0. The molecule has 0 fully saturated rings. The summed E-state index contributed by atoms with van der Waals surface area (Å²) in [5.41, 5.74) is 5.05. The van der Waals surface area contributed by atoms with Crippen molar-refractivity contribution in [3.8, 4) is 5.75 Å². The molecule has 0 unspecified atom stereocenters. The minimum Gasteiger partial charge on any atom is -0.508 e. The first-order valence-corrected chi connectivity index (χ1v) is 8.02. The van der Waals surface area contributed by atoms with Gasteiger partial charge in [-0.3, -0.25) is 0 Å². The van der Waals surface area contributed by atoms with Gasteiger partial charge in [0.1, 0.15) is 5.75 Å². The Hall–Kier alpha value is -1.42. The third-order valence-corrected chi connectivity index (χ3v) is 4.71. The monoisotopic (exact) mass is 333 g/mol. The van der Waals surface area contributed by atoms with E-state index in [1.807, 2.05) is 23.9 Å². The number of phenols is 1. The lowest BCUT2D eigenvalue weighted by atomic mass is 9.92. The van der Waals surface area contributed by atoms with Gasteiger partial charge in [0, 0.05) is 17.2 Å². The lowest BCUT2D eigenvalue weighted by Crippen LogP contribution is -2.19. The van der Waals surface area contributed by atoms with Crippen molar-refractivity contribution in [3.05, 3.63) is 65.2 Å². The van der Waals surface area contributed by atoms with Gasteiger partial charge >= 0.3 is 0 Å². The maximum absolute atomic E-state index is 9.82. The van der Waals surface area contributed by atoms with Crippen molar-refractivity contribution in [1.82, 2.24) is 4.90 Å². The number of rotatable bonds is 3. The standard InChI is InChI=1S/C18H19NOS.ClH/c1-19(2)11-14-12-21-17-9-4-3-8-16(17)18(14)13-6-5-7-15(20)10-13;/h3-10,20H,11-12H2,1-2H3;1H. The van der Waals surface area contributed by atoms with Crippen molar-refractivity contribution < 1.29 is 5.11 Å². The summed E-state index contributed by atoms with van der Waals surface area (Å²) in [6.45, 7) is 0.937. The van der Waals surface area contributed by atoms with Crippen molar-refractivity contribution in [2.24, 2.45) is 0 Å². The van der Waals surface area contributed by atoms with Gasteiger partial charge in [0.15, 0.2) is 0 Å². The molecule has 2 nitrogen and oxygen atoms in total. The molecule has 2 aromatic rings. The van der Waals surface area contributed by atoms with Gasteiger partial charge in [-0.1, -0.05) is 30.3 Å². The van der Waals surface area contributed by atoms with Crippen molar-refractivity contribution in [2.75, 3.05) is 26.4 Å². The van der Waals surface area contributed by atoms with Gasteiger partial charge in [-0.25, -0.2) is 0 Å². The van der Waals surface area contributed by atoms with E-state index in [1.165, 1.54) is 21.6 Å². The van der Waals surface area contributed by atoms with Gasteiger partial charge in [-0.15, -0.1) is 24.2 Å². The van der Waals surface area contributed by atoms with Crippen LogP contribution in [0.15, 0.2) is 59.0 Å². The number of likely N-dealkylation sites (N-methyl/N-ethyl adjacent to an activating group) is 1. The zero-order valence-electron chi connectivity index (χ0n) is 12.7. The summed E-state index contributed by atoms with van der Waals surface area (Å²) < 4.78 is 0. The zero-order chi connectivity index (χ0) is 14.8. The molecule has 0 saturated heterocycles. The lowest BCUT2D eigenvalue weighted by Gasteiger charge is -2.25. The number of thioether (sulfide) groups is 1. The number of benzene rings is 2. The van der Waals surface area contributed by atoms with Crippen LogP contribution in [0.5, 0.6) is 5.75 Å². The molecular weight excluding hydrogens is 314 g/mol. The number of aromatic hydroxyl groups is 1. The van der Waals surface area contributed by atoms with Crippen LogP contribution in [0.25, 0.3) is 5.57 Å². The topological polar surface area (TPSA) is 23.5 Å². The van der Waals surface area contributed by atoms with E-state index in [9.17, 15) is 5.11 Å². The first kappa shape index (κ1) is 16.9. The van der Waals surface area contributed by atoms with Gasteiger partial charge < -0.3 is 10.0 Å². The lowest BCUT2D eigenvalue weighted by molar-refractivity contribution is 0.446. The summed E-state index contributed by atoms with van der Waals surface area (Å²) in [5, 5.41) is 9.82. The smallest absolute Gasteiger partial charge is 0.116 e. The van der Waals surface area contributed by atoms with E-state index in [-0.39, 0.29) is 12.4 Å². The van der Waals surface area contributed by atoms with Crippen LogP contribution in [0.4, 0.5) is 0 Å². The molecule has 1 aliphatic heterocycles. The zero-order valence-corrected chi connectivity index (χ0v) is 14.4. The SMILES string of the molecule is CN(C)CC1=C(c2cccc(O)c2)c2ccccc2SC1.Cl. The summed E-state index contributed by atoms with van der Waals surface area (Å²) in [4.78, 5) is 3.52. The van der Waals surface area contributed by atoms with E-state index in [4.69, 9.17) is 0 Å². The van der Waals surface area contributed by atoms with Crippen molar-refractivity contribution in [3.63, 3.8) is 0 Å². The molecule has 0 saturated carbocycles. The van der Waals surface area contributed by atoms with Crippen LogP contribution in [0.2, 0.25) is 0 Å². The highest BCUT2D eigenvalue weighted by atomic mass is 35.5. The number of hydrogen-bond donors (Lipinski definition) is 1. The largest absolute Gasteiger partial charge is 0.508 e. The van der Waals surface area contributed by atoms with Gasteiger partial charge in [0.2, 0.25) is 0 Å². The normalized spacial score (nSPS) is 13.8. The minimum atomic E-state index is 0. The van der Waals surface area contributed by atoms with E-state index in [1.54, 1.807) is 6.07 Å². The van der Waals surface area contributed by atoms with Crippen molar-refractivity contribution in [2.45, 2.75) is 4.90 Å². The molecule has 0 amide bonds. The van der Waals surface area contributed by atoms with Crippen LogP contribution in [0.3, 0.4) is 0 Å². The highest BCUT2D eigenvalue weighted by molar-refractivity contribution is 7.99. The summed E-state index contributed by atoms with van der Waals surface area (Å²) in [5.74, 6) is 1.32. The molecule has 4 heteroatoms. The third kappa shape index (κ3) is 3.49. The van der Waals surface area contributed by atoms with Crippen LogP contribution in [-0.2, 0) is 0 Å². The highest BCUT2D eigenvalue weighted by Crippen LogP contribution is 2.41. The number of fused-ring (bicyclic) bond motifs is 1. The van der Waals surface area contributed by atoms with Gasteiger partial charge in [0.25, 0.3) is 0 Å². The van der Waals surface area contributed by atoms with Crippen molar-refractivity contribution in [1.29, 1.82) is 0 Å². The molecular formula is C18H20ClNOS. The van der Waals surface area contributed by atoms with Crippen LogP contribution >= 0.6 is 24.2 Å². The summed E-state index contributed by atoms with van der Waals surface area (Å²) in [6.07, 6.45) is 0. The van der Waals surface area contributed by atoms with Gasteiger partial charge in [-0.05, 0) is 54.6 Å². The molecule has 22 heavy (non-hydrogen) atoms. The molecule has 0 atom stereocenters. The number of halogens is 1. The Balaban J connectivity index is 0.00000176. The predicted molar refractivity (Wildman–Crippen MR) is 97.1 cm³/mol. The first-order chi connectivity index (χ1) is 10.1. The maximum atomic E-state index is 9.82. The quantitative estimate of drug-likeness (QED) is 0.906. The summed E-state index contributed by atoms with van der Waals surface area (Å²) >= 11 is 1.89. The molecule has 116 valence electrons. The van der Waals surface area contributed by atoms with E-state index in [0.717, 1.165) is 17.9 Å². The number of phenolic OH excluding ortho intramolecular Hbond substituents is 1. The Kier molecular flexibility index (Phi) is 5.57. The molecule has 1 aliphatic rings. The highest BCUT2D eigenvalue weighted by Gasteiger charge is 2.21. The van der Waals surface area contributed by atoms with E-state index < -0.39 is 0 Å². The fraction of sp³-hybridized carbons (Fsp3) is 0.222. The Morgan fingerprint density at radius 2 is 1.86 bits per heavy atom. The molecule has 0 aliphatic carbocycles. The second kappa shape index (κ2) is 7.23. The third-order valence-electron chi connectivity index (χ3n) is 3.55. The van der Waals surface area contributed by atoms with Gasteiger partial charge in [0.05, 0.1) is 0 Å². The molecule has 1 heterocycles. The molecule has 0 bridgehead atoms. The van der Waals surface area contributed by atoms with E-state index >= 15 is 0 Å². The maximum Gasteiger partial charge on any atom is 0.116 e. The number of nitrogens with zero attached hydrogens (tertiary/aromatic N) is 1. The second-order valence-corrected chi connectivity index (χ2v) is 6.57. The number of hydrogen-bond acceptors (Lipinski definition) is 3. The molecule has 3 rings (SSSR count). The molecule has 0 aromatic heterocycles. The Morgan fingerprint density at radius 3 is 2.59 bits per heavy atom. The Morgan fingerprint density at radius 1 is 1.09 bits per heavy atom. The Bertz CT molecular complexity index is 697. The molecule has 1 N–H and O–H groups in total. The molecule has 2 aromatic carbocycles. The fourth-order valence-corrected chi connectivity index (χ4v) is 3.82. The fourth-order valence-electron chi connectivity index (χ4n) is 2.75. The van der Waals surface area contributed by atoms with Crippen LogP contribution in [-0.4, -0.2) is 36.4 Å². The van der Waals surface area contributed by atoms with Crippen LogP contribution in [0.1, 0.15) is 11.1 Å². The average Bonchev–Trinajstić information content (AvgIpc) is 2.46. The van der Waals surface area contributed by atoms with Crippen LogP contribution < -0.4 is 0 Å². The van der Waals surface area contributed by atoms with Gasteiger partial charge in [-0.2, -0.15) is 0 Å². The van der Waals surface area contributed by atoms with E-state index in [2.05, 4.69) is 49.3 Å². The molecule has 0 radical (unpaired) electrons. The molecule has 0 spiro atoms. The van der Waals surface area contributed by atoms with Crippen molar-refractivity contribution >= 4 is 29.7 Å². The average molecular weight is 334 g/mol. The second-order valence-electron chi connectivity index (χ2n) is 5.55. The van der Waals surface area contributed by atoms with E-state index in [0.29, 0.717) is 5.75 Å².